The van der Waals surface area contributed by atoms with Crippen molar-refractivity contribution in [3.63, 3.8) is 0 Å². The molecular weight excluding hydrogens is 961 g/mol. The zero-order chi connectivity index (χ0) is 52.4. The van der Waals surface area contributed by atoms with Gasteiger partial charge in [0.15, 0.2) is 0 Å². The Morgan fingerprint density at radius 2 is 0.400 bits per heavy atom. The van der Waals surface area contributed by atoms with Crippen LogP contribution in [0.3, 0.4) is 0 Å². The number of hydrogen-bond donors (Lipinski definition) is 0. The topological polar surface area (TPSA) is 0 Å². The Labute approximate surface area is 463 Å². The van der Waals surface area contributed by atoms with Crippen molar-refractivity contribution in [3.8, 4) is 89.0 Å². The molecule has 0 saturated carbocycles. The molecule has 0 bridgehead atoms. The van der Waals surface area contributed by atoms with Crippen molar-refractivity contribution in [1.29, 1.82) is 0 Å². The minimum atomic E-state index is 1.32. The summed E-state index contributed by atoms with van der Waals surface area (Å²) in [6.45, 7) is 0. The second kappa shape index (κ2) is 17.6. The van der Waals surface area contributed by atoms with Crippen LogP contribution in [0.2, 0.25) is 0 Å². The molecule has 0 radical (unpaired) electrons. The van der Waals surface area contributed by atoms with Gasteiger partial charge >= 0.3 is 0 Å². The minimum absolute atomic E-state index is 1.32. The molecule has 0 aromatic heterocycles. The highest BCUT2D eigenvalue weighted by Crippen LogP contribution is 2.55. The van der Waals surface area contributed by atoms with Gasteiger partial charge in [0, 0.05) is 0 Å². The number of rotatable bonds is 0. The maximum absolute atomic E-state index is 2.33. The van der Waals surface area contributed by atoms with E-state index in [0.29, 0.717) is 0 Å². The molecule has 0 heteroatoms. The van der Waals surface area contributed by atoms with Crippen LogP contribution in [-0.4, -0.2) is 0 Å². The average Bonchev–Trinajstić information content (AvgIpc) is 4.46. The van der Waals surface area contributed by atoms with E-state index < -0.39 is 0 Å². The molecule has 0 fully saturated rings. The monoisotopic (exact) mass is 1010 g/mol. The fourth-order valence-corrected chi connectivity index (χ4v) is 14.2. The highest BCUT2D eigenvalue weighted by molar-refractivity contribution is 6.30. The van der Waals surface area contributed by atoms with E-state index in [1.165, 1.54) is 175 Å². The van der Waals surface area contributed by atoms with Crippen LogP contribution >= 0.6 is 0 Å². The predicted octanol–water partition coefficient (Wildman–Crippen LogP) is 22.6. The van der Waals surface area contributed by atoms with Gasteiger partial charge in [-0.2, -0.15) is 0 Å². The third-order valence-electron chi connectivity index (χ3n) is 17.6. The Morgan fingerprint density at radius 1 is 0.125 bits per heavy atom. The smallest absolute Gasteiger partial charge is 0.00137 e. The van der Waals surface area contributed by atoms with Crippen LogP contribution in [0.25, 0.3) is 175 Å². The molecule has 16 aromatic rings. The van der Waals surface area contributed by atoms with E-state index in [4.69, 9.17) is 0 Å². The second-order valence-corrected chi connectivity index (χ2v) is 21.7. The molecule has 4 aliphatic rings. The van der Waals surface area contributed by atoms with Crippen LogP contribution in [0.1, 0.15) is 0 Å². The minimum Gasteiger partial charge on any atom is -0.0616 e. The molecule has 0 heterocycles. The van der Waals surface area contributed by atoms with Crippen LogP contribution in [-0.2, 0) is 0 Å². The lowest BCUT2D eigenvalue weighted by Gasteiger charge is -2.13. The lowest BCUT2D eigenvalue weighted by atomic mass is 9.90. The summed E-state index contributed by atoms with van der Waals surface area (Å²) in [5.74, 6) is 0. The first-order valence-corrected chi connectivity index (χ1v) is 27.9. The van der Waals surface area contributed by atoms with Gasteiger partial charge in [0.05, 0.1) is 0 Å². The van der Waals surface area contributed by atoms with E-state index in [0.717, 1.165) is 0 Å². The Kier molecular flexibility index (Phi) is 9.81. The normalized spacial score (nSPS) is 12.0. The standard InChI is InChI=1S/C24H14.2C20H12.C16H10/c1-3-11-18-16(9-1)17-10-2-4-12-19(17)24-21-14-6-8-15-7-5-13-20(22(15)21)23(18)24;1-2-8-15-13(5-1)11-12-17-16-9-3-6-14-7-4-10-18(19(14)16)20(15)17;1-2-6-15-12-19-17-10-4-8-13-7-3-9-16(20(13)17)18(19)11-14(15)5-1;1-2-8-13-12(7-1)14-9-3-5-11-6-4-10-15(13)16(11)14/h1-14H;2*1-12H;1-10H. The zero-order valence-electron chi connectivity index (χ0n) is 43.7. The van der Waals surface area contributed by atoms with Crippen molar-refractivity contribution in [2.75, 3.05) is 0 Å². The summed E-state index contributed by atoms with van der Waals surface area (Å²) in [5.41, 5.74) is 22.1. The van der Waals surface area contributed by atoms with Crippen LogP contribution in [0, 0.1) is 0 Å². The fourth-order valence-electron chi connectivity index (χ4n) is 14.2. The van der Waals surface area contributed by atoms with Crippen molar-refractivity contribution < 1.29 is 0 Å². The molecular formula is C80H48. The van der Waals surface area contributed by atoms with Gasteiger partial charge < -0.3 is 0 Å². The highest BCUT2D eigenvalue weighted by atomic mass is 14.3. The SMILES string of the molecule is c1cc2c3c(cccc3c1)-c1c-2c2ccccc2c2ccccc12.c1ccc2c(c1)-c1cccc3cccc-2c13.c1ccc2c3c(ccc2c1)-c1cccc2cccc-3c12.c1ccc2cc3c(cc2c1)-c1cccc2cccc-3c12. The summed E-state index contributed by atoms with van der Waals surface area (Å²) >= 11 is 0. The van der Waals surface area contributed by atoms with Crippen LogP contribution in [0.15, 0.2) is 291 Å². The van der Waals surface area contributed by atoms with E-state index in [-0.39, 0.29) is 0 Å². The molecule has 4 aliphatic carbocycles. The Balaban J connectivity index is 0.0000000861. The zero-order valence-corrected chi connectivity index (χ0v) is 43.7. The Morgan fingerprint density at radius 3 is 0.838 bits per heavy atom. The third kappa shape index (κ3) is 6.57. The molecule has 0 N–H and O–H groups in total. The van der Waals surface area contributed by atoms with Crippen LogP contribution in [0.5, 0.6) is 0 Å². The van der Waals surface area contributed by atoms with Crippen molar-refractivity contribution in [2.24, 2.45) is 0 Å². The summed E-state index contributed by atoms with van der Waals surface area (Å²) in [5, 5.41) is 21.7. The summed E-state index contributed by atoms with van der Waals surface area (Å²) in [6, 6.07) is 106. The number of fused-ring (bicyclic) bond motifs is 20. The van der Waals surface area contributed by atoms with Gasteiger partial charge in [-0.3, -0.25) is 0 Å². The van der Waals surface area contributed by atoms with E-state index in [9.17, 15) is 0 Å². The summed E-state index contributed by atoms with van der Waals surface area (Å²) < 4.78 is 0. The van der Waals surface area contributed by atoms with E-state index >= 15 is 0 Å². The van der Waals surface area contributed by atoms with E-state index in [1.54, 1.807) is 0 Å². The van der Waals surface area contributed by atoms with E-state index in [2.05, 4.69) is 291 Å². The van der Waals surface area contributed by atoms with Gasteiger partial charge in [-0.25, -0.2) is 0 Å². The molecule has 16 aromatic carbocycles. The molecule has 0 amide bonds. The average molecular weight is 1010 g/mol. The van der Waals surface area contributed by atoms with Gasteiger partial charge in [0.2, 0.25) is 0 Å². The molecule has 0 atom stereocenters. The Hall–Kier alpha value is -10.4. The first kappa shape index (κ1) is 44.7. The van der Waals surface area contributed by atoms with Crippen LogP contribution < -0.4 is 0 Å². The third-order valence-corrected chi connectivity index (χ3v) is 17.6. The van der Waals surface area contributed by atoms with Crippen LogP contribution in [0.4, 0.5) is 0 Å². The molecule has 0 spiro atoms. The first-order valence-electron chi connectivity index (χ1n) is 27.9. The summed E-state index contributed by atoms with van der Waals surface area (Å²) in [7, 11) is 0. The van der Waals surface area contributed by atoms with Crippen molar-refractivity contribution in [2.45, 2.75) is 0 Å². The first-order chi connectivity index (χ1) is 39.7. The molecule has 0 unspecified atom stereocenters. The number of hydrogen-bond acceptors (Lipinski definition) is 0. The maximum atomic E-state index is 2.33. The predicted molar refractivity (Wildman–Crippen MR) is 344 cm³/mol. The van der Waals surface area contributed by atoms with Gasteiger partial charge in [-0.05, 0) is 187 Å². The van der Waals surface area contributed by atoms with Gasteiger partial charge in [-0.1, -0.05) is 279 Å². The molecule has 368 valence electrons. The van der Waals surface area contributed by atoms with Crippen molar-refractivity contribution in [1.82, 2.24) is 0 Å². The second-order valence-electron chi connectivity index (χ2n) is 21.7. The quantitative estimate of drug-likeness (QED) is 0.133. The Bertz CT molecular complexity index is 5050. The fraction of sp³-hybridized carbons (Fsp3) is 0. The lowest BCUT2D eigenvalue weighted by Crippen LogP contribution is -1.85. The van der Waals surface area contributed by atoms with Crippen molar-refractivity contribution >= 4 is 86.2 Å². The lowest BCUT2D eigenvalue weighted by molar-refractivity contribution is 1.70. The highest BCUT2D eigenvalue weighted by Gasteiger charge is 2.27. The molecule has 0 nitrogen and oxygen atoms in total. The largest absolute Gasteiger partial charge is 0.0616 e. The summed E-state index contributed by atoms with van der Waals surface area (Å²) in [6.07, 6.45) is 0. The van der Waals surface area contributed by atoms with Gasteiger partial charge in [0.1, 0.15) is 0 Å². The molecule has 0 aliphatic heterocycles. The van der Waals surface area contributed by atoms with Gasteiger partial charge in [0.25, 0.3) is 0 Å². The molecule has 0 saturated heterocycles. The maximum Gasteiger partial charge on any atom is -0.00137 e. The number of benzene rings is 16. The van der Waals surface area contributed by atoms with Gasteiger partial charge in [-0.15, -0.1) is 0 Å². The van der Waals surface area contributed by atoms with E-state index in [1.807, 2.05) is 0 Å². The molecule has 20 rings (SSSR count). The van der Waals surface area contributed by atoms with Crippen molar-refractivity contribution in [3.05, 3.63) is 291 Å². The summed E-state index contributed by atoms with van der Waals surface area (Å²) in [4.78, 5) is 0. The molecule has 80 heavy (non-hydrogen) atoms.